The van der Waals surface area contributed by atoms with Crippen molar-refractivity contribution in [2.75, 3.05) is 5.32 Å². The SMILES string of the molecule is O=C1Nc2ccccc2/C1=C/c1ccc(-c2cccc(C(F)(F)F)c2)o1. The second-order valence-electron chi connectivity index (χ2n) is 5.84. The number of hydrogen-bond acceptors (Lipinski definition) is 2. The Labute approximate surface area is 146 Å². The maximum absolute atomic E-state index is 12.9. The minimum atomic E-state index is -4.42. The molecule has 2 aromatic carbocycles. The summed E-state index contributed by atoms with van der Waals surface area (Å²) in [5.74, 6) is 0.442. The molecule has 130 valence electrons. The van der Waals surface area contributed by atoms with E-state index in [1.807, 2.05) is 18.2 Å². The maximum Gasteiger partial charge on any atom is 0.416 e. The van der Waals surface area contributed by atoms with Gasteiger partial charge in [0.2, 0.25) is 0 Å². The Morgan fingerprint density at radius 3 is 2.58 bits per heavy atom. The van der Waals surface area contributed by atoms with Gasteiger partial charge in [0, 0.05) is 16.8 Å². The molecular weight excluding hydrogens is 343 g/mol. The number of anilines is 1. The Balaban J connectivity index is 1.69. The number of furan rings is 1. The summed E-state index contributed by atoms with van der Waals surface area (Å²) >= 11 is 0. The van der Waals surface area contributed by atoms with Crippen molar-refractivity contribution >= 4 is 23.2 Å². The number of hydrogen-bond donors (Lipinski definition) is 1. The Hall–Kier alpha value is -3.28. The molecule has 0 fully saturated rings. The predicted molar refractivity (Wildman–Crippen MR) is 92.1 cm³/mol. The normalized spacial score (nSPS) is 15.2. The fraction of sp³-hybridized carbons (Fsp3) is 0.0500. The molecule has 0 atom stereocenters. The third-order valence-corrected chi connectivity index (χ3v) is 4.10. The lowest BCUT2D eigenvalue weighted by Crippen LogP contribution is -2.04. The first kappa shape index (κ1) is 16.2. The molecule has 4 rings (SSSR count). The molecule has 0 radical (unpaired) electrons. The molecule has 0 bridgehead atoms. The molecule has 6 heteroatoms. The van der Waals surface area contributed by atoms with Crippen molar-refractivity contribution in [2.45, 2.75) is 6.18 Å². The third kappa shape index (κ3) is 2.90. The molecule has 1 aromatic heterocycles. The average molecular weight is 355 g/mol. The predicted octanol–water partition coefficient (Wildman–Crippen LogP) is 5.46. The number of carbonyl (C=O) groups is 1. The topological polar surface area (TPSA) is 42.2 Å². The number of rotatable bonds is 2. The Bertz CT molecular complexity index is 1030. The molecule has 0 saturated carbocycles. The lowest BCUT2D eigenvalue weighted by atomic mass is 10.1. The van der Waals surface area contributed by atoms with Crippen molar-refractivity contribution in [3.05, 3.63) is 77.6 Å². The summed E-state index contributed by atoms with van der Waals surface area (Å²) in [5, 5.41) is 2.76. The zero-order valence-electron chi connectivity index (χ0n) is 13.3. The van der Waals surface area contributed by atoms with Crippen molar-refractivity contribution in [3.63, 3.8) is 0 Å². The van der Waals surface area contributed by atoms with E-state index in [0.717, 1.165) is 17.7 Å². The van der Waals surface area contributed by atoms with Crippen LogP contribution < -0.4 is 5.32 Å². The number of amides is 1. The van der Waals surface area contributed by atoms with Crippen molar-refractivity contribution < 1.29 is 22.4 Å². The highest BCUT2D eigenvalue weighted by Crippen LogP contribution is 2.35. The van der Waals surface area contributed by atoms with Crippen LogP contribution in [0, 0.1) is 0 Å². The van der Waals surface area contributed by atoms with Gasteiger partial charge in [0.15, 0.2) is 0 Å². The van der Waals surface area contributed by atoms with E-state index in [1.54, 1.807) is 30.3 Å². The summed E-state index contributed by atoms with van der Waals surface area (Å²) in [6.07, 6.45) is -2.84. The number of benzene rings is 2. The Morgan fingerprint density at radius 1 is 0.962 bits per heavy atom. The first-order valence-corrected chi connectivity index (χ1v) is 7.82. The minimum absolute atomic E-state index is 0.247. The standard InChI is InChI=1S/C20H12F3NO2/c21-20(22,23)13-5-3-4-12(10-13)18-9-8-14(26-18)11-16-15-6-1-2-7-17(15)24-19(16)25/h1-11H,(H,24,25)/b16-11-. The van der Waals surface area contributed by atoms with Gasteiger partial charge in [0.1, 0.15) is 11.5 Å². The van der Waals surface area contributed by atoms with E-state index in [4.69, 9.17) is 4.42 Å². The van der Waals surface area contributed by atoms with E-state index in [2.05, 4.69) is 5.32 Å². The van der Waals surface area contributed by atoms with E-state index in [9.17, 15) is 18.0 Å². The lowest BCUT2D eigenvalue weighted by molar-refractivity contribution is -0.137. The van der Waals surface area contributed by atoms with Gasteiger partial charge in [-0.25, -0.2) is 0 Å². The van der Waals surface area contributed by atoms with Crippen LogP contribution in [0.5, 0.6) is 0 Å². The van der Waals surface area contributed by atoms with Gasteiger partial charge in [-0.3, -0.25) is 4.79 Å². The van der Waals surface area contributed by atoms with Crippen LogP contribution in [0.15, 0.2) is 65.1 Å². The molecule has 1 aliphatic rings. The quantitative estimate of drug-likeness (QED) is 0.621. The second kappa shape index (κ2) is 5.91. The Kier molecular flexibility index (Phi) is 3.68. The molecule has 2 heterocycles. The van der Waals surface area contributed by atoms with Crippen LogP contribution in [0.2, 0.25) is 0 Å². The first-order chi connectivity index (χ1) is 12.4. The molecule has 0 saturated heterocycles. The molecule has 0 aliphatic carbocycles. The highest BCUT2D eigenvalue weighted by atomic mass is 19.4. The molecule has 1 N–H and O–H groups in total. The van der Waals surface area contributed by atoms with Gasteiger partial charge in [-0.2, -0.15) is 13.2 Å². The monoisotopic (exact) mass is 355 g/mol. The highest BCUT2D eigenvalue weighted by Gasteiger charge is 2.30. The molecule has 0 spiro atoms. The van der Waals surface area contributed by atoms with Gasteiger partial charge in [-0.1, -0.05) is 30.3 Å². The largest absolute Gasteiger partial charge is 0.457 e. The number of carbonyl (C=O) groups excluding carboxylic acids is 1. The van der Waals surface area contributed by atoms with Gasteiger partial charge >= 0.3 is 6.18 Å². The fourth-order valence-corrected chi connectivity index (χ4v) is 2.86. The molecule has 1 aliphatic heterocycles. The molecule has 26 heavy (non-hydrogen) atoms. The second-order valence-corrected chi connectivity index (χ2v) is 5.84. The van der Waals surface area contributed by atoms with Crippen molar-refractivity contribution in [3.8, 4) is 11.3 Å². The van der Waals surface area contributed by atoms with Gasteiger partial charge in [0.25, 0.3) is 5.91 Å². The number of halogens is 3. The van der Waals surface area contributed by atoms with Gasteiger partial charge in [-0.05, 0) is 36.4 Å². The first-order valence-electron chi connectivity index (χ1n) is 7.82. The minimum Gasteiger partial charge on any atom is -0.457 e. The van der Waals surface area contributed by atoms with Crippen LogP contribution in [0.4, 0.5) is 18.9 Å². The smallest absolute Gasteiger partial charge is 0.416 e. The van der Waals surface area contributed by atoms with Gasteiger partial charge < -0.3 is 9.73 Å². The fourth-order valence-electron chi connectivity index (χ4n) is 2.86. The number of fused-ring (bicyclic) bond motifs is 1. The molecule has 3 nitrogen and oxygen atoms in total. The van der Waals surface area contributed by atoms with Crippen molar-refractivity contribution in [2.24, 2.45) is 0 Å². The third-order valence-electron chi connectivity index (χ3n) is 4.10. The van der Waals surface area contributed by atoms with E-state index in [0.29, 0.717) is 28.3 Å². The molecule has 0 unspecified atom stereocenters. The van der Waals surface area contributed by atoms with E-state index < -0.39 is 11.7 Å². The zero-order chi connectivity index (χ0) is 18.3. The zero-order valence-corrected chi connectivity index (χ0v) is 13.3. The molecule has 1 amide bonds. The van der Waals surface area contributed by atoms with Crippen LogP contribution in [0.1, 0.15) is 16.9 Å². The number of alkyl halides is 3. The summed E-state index contributed by atoms with van der Waals surface area (Å²) in [6, 6.07) is 15.4. The summed E-state index contributed by atoms with van der Waals surface area (Å²) in [5.41, 5.74) is 1.50. The van der Waals surface area contributed by atoms with Crippen LogP contribution in [0.25, 0.3) is 23.0 Å². The van der Waals surface area contributed by atoms with E-state index in [-0.39, 0.29) is 5.91 Å². The summed E-state index contributed by atoms with van der Waals surface area (Å²) in [4.78, 5) is 12.1. The van der Waals surface area contributed by atoms with E-state index >= 15 is 0 Å². The number of nitrogens with one attached hydrogen (secondary N) is 1. The van der Waals surface area contributed by atoms with Crippen LogP contribution in [0.3, 0.4) is 0 Å². The van der Waals surface area contributed by atoms with Gasteiger partial charge in [0.05, 0.1) is 11.1 Å². The maximum atomic E-state index is 12.9. The van der Waals surface area contributed by atoms with E-state index in [1.165, 1.54) is 6.07 Å². The Morgan fingerprint density at radius 2 is 1.77 bits per heavy atom. The summed E-state index contributed by atoms with van der Waals surface area (Å²) in [7, 11) is 0. The van der Waals surface area contributed by atoms with Crippen LogP contribution >= 0.6 is 0 Å². The molecule has 3 aromatic rings. The van der Waals surface area contributed by atoms with Gasteiger partial charge in [-0.15, -0.1) is 0 Å². The van der Waals surface area contributed by atoms with Crippen LogP contribution in [-0.4, -0.2) is 5.91 Å². The summed E-state index contributed by atoms with van der Waals surface area (Å²) < 4.78 is 44.2. The highest BCUT2D eigenvalue weighted by molar-refractivity contribution is 6.34. The average Bonchev–Trinajstić information content (AvgIpc) is 3.20. The molecular formula is C20H12F3NO2. The number of para-hydroxylation sites is 1. The summed E-state index contributed by atoms with van der Waals surface area (Å²) in [6.45, 7) is 0. The van der Waals surface area contributed by atoms with Crippen molar-refractivity contribution in [1.82, 2.24) is 0 Å². The van der Waals surface area contributed by atoms with Crippen LogP contribution in [-0.2, 0) is 11.0 Å². The lowest BCUT2D eigenvalue weighted by Gasteiger charge is -2.07. The van der Waals surface area contributed by atoms with Crippen molar-refractivity contribution in [1.29, 1.82) is 0 Å².